The summed E-state index contributed by atoms with van der Waals surface area (Å²) in [4.78, 5) is 14.9. The third kappa shape index (κ3) is 4.11. The van der Waals surface area contributed by atoms with Gasteiger partial charge in [-0.2, -0.15) is 5.10 Å². The Hall–Kier alpha value is -1.29. The molecule has 1 aromatic heterocycles. The molecule has 1 aromatic rings. The van der Waals surface area contributed by atoms with Gasteiger partial charge in [-0.25, -0.2) is 0 Å². The fraction of sp³-hybridized carbons (Fsp3) is 0.700. The molecule has 2 atom stereocenters. The van der Waals surface area contributed by atoms with Gasteiger partial charge in [0.1, 0.15) is 5.15 Å². The van der Waals surface area contributed by atoms with Crippen LogP contribution in [0.4, 0.5) is 0 Å². The molecule has 4 nitrogen and oxygen atoms in total. The monoisotopic (exact) mass is 363 g/mol. The van der Waals surface area contributed by atoms with Crippen LogP contribution in [-0.2, 0) is 11.3 Å². The molecule has 1 saturated heterocycles. The molecule has 0 aromatic carbocycles. The van der Waals surface area contributed by atoms with Gasteiger partial charge in [0.15, 0.2) is 0 Å². The predicted molar refractivity (Wildman–Crippen MR) is 103 cm³/mol. The second-order valence-corrected chi connectivity index (χ2v) is 8.34. The molecule has 2 heterocycles. The van der Waals surface area contributed by atoms with Crippen LogP contribution in [0, 0.1) is 18.8 Å². The quantitative estimate of drug-likeness (QED) is 0.727. The van der Waals surface area contributed by atoms with Gasteiger partial charge in [-0.3, -0.25) is 9.48 Å². The van der Waals surface area contributed by atoms with Gasteiger partial charge in [-0.05, 0) is 50.5 Å². The highest BCUT2D eigenvalue weighted by Gasteiger charge is 2.34. The maximum Gasteiger partial charge on any atom is 0.246 e. The molecule has 0 spiro atoms. The number of hydrogen-bond acceptors (Lipinski definition) is 2. The molecule has 2 fully saturated rings. The number of fused-ring (bicyclic) bond motifs is 1. The van der Waals surface area contributed by atoms with E-state index in [2.05, 4.69) is 23.8 Å². The Kier molecular flexibility index (Phi) is 5.88. The average molecular weight is 364 g/mol. The second-order valence-electron chi connectivity index (χ2n) is 7.98. The maximum absolute atomic E-state index is 12.8. The van der Waals surface area contributed by atoms with Gasteiger partial charge < -0.3 is 4.90 Å². The van der Waals surface area contributed by atoms with E-state index >= 15 is 0 Å². The van der Waals surface area contributed by atoms with Crippen molar-refractivity contribution in [3.8, 4) is 0 Å². The molecule has 1 saturated carbocycles. The molecule has 25 heavy (non-hydrogen) atoms. The van der Waals surface area contributed by atoms with Crippen LogP contribution < -0.4 is 0 Å². The van der Waals surface area contributed by atoms with Crippen LogP contribution in [0.5, 0.6) is 0 Å². The SMILES string of the molecule is Cc1nn(CC(C)C)c(Cl)c1/C=C/C(=O)N1CCCC2CCCCC21. The number of aromatic nitrogens is 2. The highest BCUT2D eigenvalue weighted by atomic mass is 35.5. The van der Waals surface area contributed by atoms with E-state index in [1.807, 2.05) is 17.7 Å². The first-order chi connectivity index (χ1) is 12.0. The minimum absolute atomic E-state index is 0.128. The summed E-state index contributed by atoms with van der Waals surface area (Å²) in [5.74, 6) is 1.31. The largest absolute Gasteiger partial charge is 0.336 e. The highest BCUT2D eigenvalue weighted by Crippen LogP contribution is 2.35. The lowest BCUT2D eigenvalue weighted by atomic mass is 9.78. The lowest BCUT2D eigenvalue weighted by Gasteiger charge is -2.43. The van der Waals surface area contributed by atoms with Gasteiger partial charge in [0.05, 0.1) is 5.69 Å². The number of aryl methyl sites for hydroxylation is 1. The number of hydrogen-bond donors (Lipinski definition) is 0. The zero-order valence-corrected chi connectivity index (χ0v) is 16.4. The number of nitrogens with zero attached hydrogens (tertiary/aromatic N) is 3. The lowest BCUT2D eigenvalue weighted by molar-refractivity contribution is -0.132. The van der Waals surface area contributed by atoms with Crippen LogP contribution in [0.1, 0.15) is 63.6 Å². The van der Waals surface area contributed by atoms with Crippen LogP contribution in [0.15, 0.2) is 6.08 Å². The van der Waals surface area contributed by atoms with Crippen LogP contribution >= 0.6 is 11.6 Å². The predicted octanol–water partition coefficient (Wildman–Crippen LogP) is 4.70. The van der Waals surface area contributed by atoms with E-state index in [1.165, 1.54) is 25.7 Å². The van der Waals surface area contributed by atoms with E-state index in [1.54, 1.807) is 6.08 Å². The van der Waals surface area contributed by atoms with Gasteiger partial charge >= 0.3 is 0 Å². The molecule has 5 heteroatoms. The van der Waals surface area contributed by atoms with E-state index < -0.39 is 0 Å². The molecule has 2 aliphatic rings. The summed E-state index contributed by atoms with van der Waals surface area (Å²) in [5, 5.41) is 5.14. The van der Waals surface area contributed by atoms with Gasteiger partial charge in [-0.1, -0.05) is 38.3 Å². The summed E-state index contributed by atoms with van der Waals surface area (Å²) >= 11 is 6.48. The van der Waals surface area contributed by atoms with Crippen molar-refractivity contribution in [1.29, 1.82) is 0 Å². The zero-order chi connectivity index (χ0) is 18.0. The van der Waals surface area contributed by atoms with E-state index in [9.17, 15) is 4.79 Å². The molecular formula is C20H30ClN3O. The summed E-state index contributed by atoms with van der Waals surface area (Å²) in [6.45, 7) is 7.92. The van der Waals surface area contributed by atoms with Gasteiger partial charge in [0.2, 0.25) is 5.91 Å². The van der Waals surface area contributed by atoms with E-state index in [4.69, 9.17) is 11.6 Å². The molecule has 1 aliphatic carbocycles. The average Bonchev–Trinajstić information content (AvgIpc) is 2.85. The molecule has 2 unspecified atom stereocenters. The molecule has 0 bridgehead atoms. The topological polar surface area (TPSA) is 38.1 Å². The van der Waals surface area contributed by atoms with Crippen molar-refractivity contribution in [2.24, 2.45) is 11.8 Å². The van der Waals surface area contributed by atoms with Gasteiger partial charge in [0.25, 0.3) is 0 Å². The molecular weight excluding hydrogens is 334 g/mol. The zero-order valence-electron chi connectivity index (χ0n) is 15.7. The molecule has 1 aliphatic heterocycles. The summed E-state index contributed by atoms with van der Waals surface area (Å²) in [5.41, 5.74) is 1.75. The van der Waals surface area contributed by atoms with Crippen molar-refractivity contribution in [1.82, 2.24) is 14.7 Å². The number of likely N-dealkylation sites (tertiary alicyclic amines) is 1. The minimum Gasteiger partial charge on any atom is -0.336 e. The third-order valence-corrected chi connectivity index (χ3v) is 5.97. The van der Waals surface area contributed by atoms with E-state index in [0.29, 0.717) is 23.0 Å². The molecule has 1 amide bonds. The van der Waals surface area contributed by atoms with Crippen molar-refractivity contribution in [3.05, 3.63) is 22.5 Å². The standard InChI is InChI=1S/C20H30ClN3O/c1-14(2)13-24-20(21)17(15(3)22-24)10-11-19(25)23-12-6-8-16-7-4-5-9-18(16)23/h10-11,14,16,18H,4-9,12-13H2,1-3H3/b11-10+. The second kappa shape index (κ2) is 7.94. The van der Waals surface area contributed by atoms with Crippen molar-refractivity contribution in [3.63, 3.8) is 0 Å². The lowest BCUT2D eigenvalue weighted by Crippen LogP contribution is -2.49. The highest BCUT2D eigenvalue weighted by molar-refractivity contribution is 6.31. The first-order valence-corrected chi connectivity index (χ1v) is 10.1. The Labute approximate surface area is 156 Å². The van der Waals surface area contributed by atoms with Crippen LogP contribution in [0.25, 0.3) is 6.08 Å². The fourth-order valence-electron chi connectivity index (χ4n) is 4.37. The van der Waals surface area contributed by atoms with E-state index in [-0.39, 0.29) is 5.91 Å². The van der Waals surface area contributed by atoms with Crippen LogP contribution in [0.3, 0.4) is 0 Å². The summed E-state index contributed by atoms with van der Waals surface area (Å²) in [6.07, 6.45) is 11.0. The fourth-order valence-corrected chi connectivity index (χ4v) is 4.68. The summed E-state index contributed by atoms with van der Waals surface area (Å²) < 4.78 is 1.84. The Morgan fingerprint density at radius 2 is 2.00 bits per heavy atom. The number of carbonyl (C=O) groups excluding carboxylic acids is 1. The Morgan fingerprint density at radius 3 is 2.76 bits per heavy atom. The number of amides is 1. The van der Waals surface area contributed by atoms with Gasteiger partial charge in [-0.15, -0.1) is 0 Å². The van der Waals surface area contributed by atoms with Crippen LogP contribution in [0.2, 0.25) is 5.15 Å². The molecule has 3 rings (SSSR count). The van der Waals surface area contributed by atoms with Crippen LogP contribution in [-0.4, -0.2) is 33.2 Å². The third-order valence-electron chi connectivity index (χ3n) is 5.57. The first kappa shape index (κ1) is 18.5. The van der Waals surface area contributed by atoms with E-state index in [0.717, 1.165) is 37.2 Å². The Bertz CT molecular complexity index is 648. The number of rotatable bonds is 4. The Morgan fingerprint density at radius 1 is 1.28 bits per heavy atom. The van der Waals surface area contributed by atoms with Crippen molar-refractivity contribution in [2.45, 2.75) is 71.9 Å². The van der Waals surface area contributed by atoms with Crippen molar-refractivity contribution in [2.75, 3.05) is 6.54 Å². The van der Waals surface area contributed by atoms with Gasteiger partial charge in [0, 0.05) is 30.8 Å². The molecule has 0 radical (unpaired) electrons. The normalized spacial score (nSPS) is 24.1. The molecule has 0 N–H and O–H groups in total. The first-order valence-electron chi connectivity index (χ1n) is 9.69. The number of piperidine rings is 1. The summed E-state index contributed by atoms with van der Waals surface area (Å²) in [7, 11) is 0. The number of carbonyl (C=O) groups is 1. The van der Waals surface area contributed by atoms with Crippen molar-refractivity contribution < 1.29 is 4.79 Å². The Balaban J connectivity index is 1.73. The number of halogens is 1. The van der Waals surface area contributed by atoms with Crippen molar-refractivity contribution >= 4 is 23.6 Å². The molecule has 138 valence electrons. The summed E-state index contributed by atoms with van der Waals surface area (Å²) in [6, 6.07) is 0.444. The smallest absolute Gasteiger partial charge is 0.246 e. The maximum atomic E-state index is 12.8. The minimum atomic E-state index is 0.128.